The van der Waals surface area contributed by atoms with Gasteiger partial charge in [0.2, 0.25) is 0 Å². The second kappa shape index (κ2) is 17.4. The molecular weight excluding hydrogens is 861 g/mol. The Morgan fingerprint density at radius 1 is 0.352 bits per heavy atom. The third-order valence-electron chi connectivity index (χ3n) is 15.4. The largest absolute Gasteiger partial charge is 0.481 e. The van der Waals surface area contributed by atoms with Crippen LogP contribution in [-0.4, -0.2) is 13.2 Å². The lowest BCUT2D eigenvalue weighted by atomic mass is 9.66. The molecule has 0 spiro atoms. The molecular formula is C69H52O2. The van der Waals surface area contributed by atoms with E-state index in [1.807, 2.05) is 13.8 Å². The molecule has 2 nitrogen and oxygen atoms in total. The van der Waals surface area contributed by atoms with Crippen LogP contribution in [0.15, 0.2) is 218 Å². The van der Waals surface area contributed by atoms with Gasteiger partial charge in [0.25, 0.3) is 0 Å². The second-order valence-corrected chi connectivity index (χ2v) is 19.3. The van der Waals surface area contributed by atoms with E-state index in [1.54, 1.807) is 0 Å². The third kappa shape index (κ3) is 6.89. The Bertz CT molecular complexity index is 3490. The fraction of sp³-hybridized carbons (Fsp3) is 0.130. The van der Waals surface area contributed by atoms with Crippen LogP contribution in [0.25, 0.3) is 43.8 Å². The van der Waals surface area contributed by atoms with Gasteiger partial charge in [-0.25, -0.2) is 0 Å². The Hall–Kier alpha value is -8.56. The lowest BCUT2D eigenvalue weighted by Gasteiger charge is -2.35. The average Bonchev–Trinajstić information content (AvgIpc) is 3.90. The van der Waals surface area contributed by atoms with Crippen molar-refractivity contribution < 1.29 is 9.47 Å². The molecule has 12 rings (SSSR count). The number of benzene rings is 10. The highest BCUT2D eigenvalue weighted by molar-refractivity contribution is 5.92. The highest BCUT2D eigenvalue weighted by Crippen LogP contribution is 2.58. The van der Waals surface area contributed by atoms with E-state index in [0.29, 0.717) is 13.2 Å². The third-order valence-corrected chi connectivity index (χ3v) is 15.4. The molecule has 0 radical (unpaired) electrons. The number of rotatable bonds is 10. The van der Waals surface area contributed by atoms with Crippen molar-refractivity contribution in [3.05, 3.63) is 274 Å². The van der Waals surface area contributed by atoms with Gasteiger partial charge in [0.1, 0.15) is 24.7 Å². The molecule has 2 aliphatic carbocycles. The Morgan fingerprint density at radius 3 is 1.01 bits per heavy atom. The summed E-state index contributed by atoms with van der Waals surface area (Å²) in [6.45, 7) is 9.14. The first-order valence-corrected chi connectivity index (χ1v) is 24.6. The first-order chi connectivity index (χ1) is 34.8. The quantitative estimate of drug-likeness (QED) is 0.127. The van der Waals surface area contributed by atoms with E-state index in [2.05, 4.69) is 256 Å². The smallest absolute Gasteiger partial charge is 0.149 e. The van der Waals surface area contributed by atoms with Gasteiger partial charge in [-0.05, 0) is 150 Å². The Labute approximate surface area is 417 Å². The van der Waals surface area contributed by atoms with Crippen LogP contribution in [0.3, 0.4) is 0 Å². The SMILES string of the molecule is CC#CCOc1ccc2cc(C3(c4ccc(C(C)(C)c5ccc(C6(c7ccc8cc(OCC#CC)ccc8c7)c7ccccc7-c7ccccc76)cc5)cc4)c4ccccc4-c4ccccc43)ccc2c1. The molecule has 0 saturated carbocycles. The van der Waals surface area contributed by atoms with Gasteiger partial charge in [-0.15, -0.1) is 11.8 Å². The van der Waals surface area contributed by atoms with Gasteiger partial charge in [0.15, 0.2) is 0 Å². The molecule has 71 heavy (non-hydrogen) atoms. The van der Waals surface area contributed by atoms with Gasteiger partial charge >= 0.3 is 0 Å². The van der Waals surface area contributed by atoms with Crippen LogP contribution < -0.4 is 9.47 Å². The molecule has 0 amide bonds. The highest BCUT2D eigenvalue weighted by Gasteiger charge is 2.48. The van der Waals surface area contributed by atoms with E-state index in [-0.39, 0.29) is 5.41 Å². The first-order valence-electron chi connectivity index (χ1n) is 24.6. The maximum atomic E-state index is 5.96. The molecule has 0 saturated heterocycles. The first kappa shape index (κ1) is 43.7. The zero-order chi connectivity index (χ0) is 48.2. The van der Waals surface area contributed by atoms with Crippen molar-refractivity contribution in [1.29, 1.82) is 0 Å². The van der Waals surface area contributed by atoms with E-state index in [4.69, 9.17) is 9.47 Å². The molecule has 340 valence electrons. The van der Waals surface area contributed by atoms with Crippen LogP contribution in [0.2, 0.25) is 0 Å². The predicted molar refractivity (Wildman–Crippen MR) is 293 cm³/mol. The number of fused-ring (bicyclic) bond motifs is 8. The topological polar surface area (TPSA) is 18.5 Å². The fourth-order valence-corrected chi connectivity index (χ4v) is 12.0. The van der Waals surface area contributed by atoms with E-state index in [0.717, 1.165) is 22.3 Å². The van der Waals surface area contributed by atoms with Crippen molar-refractivity contribution in [3.63, 3.8) is 0 Å². The standard InChI is InChI=1S/C69H52O2/c1-5-7-41-70-57-39-27-47-43-55(29-25-49(47)45-57)68(63-21-13-9-17-59(63)60-18-10-14-22-64(60)68)53-35-31-51(32-36-53)67(3,4)52-33-37-54(38-34-52)69(65-23-15-11-19-61(65)62-20-12-16-24-66(62)69)56-30-26-50-46-58(71-42-8-6-2)40-28-48(50)44-56/h9-40,43-46H,41-42H2,1-4H3. The van der Waals surface area contributed by atoms with Crippen LogP contribution in [0.5, 0.6) is 11.5 Å². The molecule has 0 bridgehead atoms. The molecule has 2 aliphatic rings. The van der Waals surface area contributed by atoms with E-state index >= 15 is 0 Å². The van der Waals surface area contributed by atoms with Gasteiger partial charge in [0.05, 0.1) is 10.8 Å². The zero-order valence-corrected chi connectivity index (χ0v) is 40.5. The van der Waals surface area contributed by atoms with Crippen molar-refractivity contribution in [1.82, 2.24) is 0 Å². The monoisotopic (exact) mass is 912 g/mol. The number of hydrogen-bond acceptors (Lipinski definition) is 2. The summed E-state index contributed by atoms with van der Waals surface area (Å²) >= 11 is 0. The minimum absolute atomic E-state index is 0.300. The Kier molecular flexibility index (Phi) is 10.7. The van der Waals surface area contributed by atoms with Gasteiger partial charge < -0.3 is 9.47 Å². The highest BCUT2D eigenvalue weighted by atomic mass is 16.5. The summed E-state index contributed by atoms with van der Waals surface area (Å²) in [5, 5.41) is 4.61. The molecule has 0 N–H and O–H groups in total. The molecule has 0 heterocycles. The summed E-state index contributed by atoms with van der Waals surface area (Å²) in [4.78, 5) is 0. The molecule has 10 aromatic rings. The van der Waals surface area contributed by atoms with Crippen LogP contribution in [0.1, 0.15) is 83.3 Å². The lowest BCUT2D eigenvalue weighted by molar-refractivity contribution is 0.370. The molecule has 10 aromatic carbocycles. The van der Waals surface area contributed by atoms with Crippen molar-refractivity contribution >= 4 is 21.5 Å². The summed E-state index contributed by atoms with van der Waals surface area (Å²) < 4.78 is 11.9. The Morgan fingerprint density at radius 2 is 0.662 bits per heavy atom. The normalized spacial score (nSPS) is 13.5. The van der Waals surface area contributed by atoms with Gasteiger partial charge in [0, 0.05) is 5.41 Å². The predicted octanol–water partition coefficient (Wildman–Crippen LogP) is 15.8. The van der Waals surface area contributed by atoms with Crippen molar-refractivity contribution in [2.24, 2.45) is 0 Å². The van der Waals surface area contributed by atoms with E-state index in [1.165, 1.54) is 88.7 Å². The fourth-order valence-electron chi connectivity index (χ4n) is 12.0. The van der Waals surface area contributed by atoms with Crippen LogP contribution in [0.4, 0.5) is 0 Å². The minimum atomic E-state index is -0.525. The summed E-state index contributed by atoms with van der Waals surface area (Å²) in [6, 6.07) is 81.5. The van der Waals surface area contributed by atoms with Crippen LogP contribution in [-0.2, 0) is 16.2 Å². The van der Waals surface area contributed by atoms with Gasteiger partial charge in [-0.2, -0.15) is 0 Å². The summed E-state index contributed by atoms with van der Waals surface area (Å²) in [6.07, 6.45) is 0. The molecule has 0 fully saturated rings. The van der Waals surface area contributed by atoms with Crippen molar-refractivity contribution in [2.75, 3.05) is 13.2 Å². The summed E-state index contributed by atoms with van der Waals surface area (Å²) in [5.41, 5.74) is 16.4. The maximum absolute atomic E-state index is 5.96. The maximum Gasteiger partial charge on any atom is 0.149 e. The lowest BCUT2D eigenvalue weighted by Crippen LogP contribution is -2.29. The van der Waals surface area contributed by atoms with Crippen molar-refractivity contribution in [3.8, 4) is 57.4 Å². The van der Waals surface area contributed by atoms with Gasteiger partial charge in [-0.3, -0.25) is 0 Å². The second-order valence-electron chi connectivity index (χ2n) is 19.3. The molecule has 0 aromatic heterocycles. The number of hydrogen-bond donors (Lipinski definition) is 0. The van der Waals surface area contributed by atoms with Crippen LogP contribution >= 0.6 is 0 Å². The average molecular weight is 913 g/mol. The molecule has 0 atom stereocenters. The van der Waals surface area contributed by atoms with Crippen molar-refractivity contribution in [2.45, 2.75) is 43.9 Å². The van der Waals surface area contributed by atoms with Crippen LogP contribution in [0, 0.1) is 23.7 Å². The molecule has 2 heteroatoms. The van der Waals surface area contributed by atoms with E-state index < -0.39 is 10.8 Å². The molecule has 0 aliphatic heterocycles. The number of ether oxygens (including phenoxy) is 2. The van der Waals surface area contributed by atoms with Gasteiger partial charge in [-0.1, -0.05) is 208 Å². The summed E-state index contributed by atoms with van der Waals surface area (Å²) in [7, 11) is 0. The molecule has 0 unspecified atom stereocenters. The van der Waals surface area contributed by atoms with E-state index in [9.17, 15) is 0 Å². The minimum Gasteiger partial charge on any atom is -0.481 e. The zero-order valence-electron chi connectivity index (χ0n) is 40.5. The summed E-state index contributed by atoms with van der Waals surface area (Å²) in [5.74, 6) is 13.5. The Balaban J connectivity index is 0.944.